The van der Waals surface area contributed by atoms with E-state index in [9.17, 15) is 4.79 Å². The van der Waals surface area contributed by atoms with Crippen molar-refractivity contribution in [3.63, 3.8) is 0 Å². The normalized spacial score (nSPS) is 19.7. The average Bonchev–Trinajstić information content (AvgIpc) is 2.65. The van der Waals surface area contributed by atoms with Gasteiger partial charge in [0.15, 0.2) is 5.96 Å². The van der Waals surface area contributed by atoms with Crippen LogP contribution >= 0.6 is 24.0 Å². The molecule has 0 bridgehead atoms. The van der Waals surface area contributed by atoms with E-state index in [0.29, 0.717) is 18.9 Å². The molecule has 0 aromatic heterocycles. The Balaban J connectivity index is 0.00000392. The maximum atomic E-state index is 11.7. The summed E-state index contributed by atoms with van der Waals surface area (Å²) in [6.45, 7) is 8.18. The van der Waals surface area contributed by atoms with Crippen molar-refractivity contribution in [2.75, 3.05) is 26.7 Å². The van der Waals surface area contributed by atoms with Crippen molar-refractivity contribution < 1.29 is 9.53 Å². The summed E-state index contributed by atoms with van der Waals surface area (Å²) >= 11 is 0. The van der Waals surface area contributed by atoms with E-state index in [4.69, 9.17) is 4.74 Å². The first-order valence-electron chi connectivity index (χ1n) is 9.91. The van der Waals surface area contributed by atoms with Crippen LogP contribution in [0.15, 0.2) is 29.3 Å². The molecule has 1 aliphatic rings. The third kappa shape index (κ3) is 8.34. The van der Waals surface area contributed by atoms with Gasteiger partial charge in [-0.2, -0.15) is 0 Å². The molecule has 158 valence electrons. The minimum atomic E-state index is 0. The van der Waals surface area contributed by atoms with E-state index in [0.717, 1.165) is 32.0 Å². The van der Waals surface area contributed by atoms with Gasteiger partial charge in [-0.15, -0.1) is 24.0 Å². The van der Waals surface area contributed by atoms with Crippen molar-refractivity contribution in [3.8, 4) is 0 Å². The van der Waals surface area contributed by atoms with Crippen LogP contribution in [0.4, 0.5) is 0 Å². The van der Waals surface area contributed by atoms with E-state index in [-0.39, 0.29) is 42.0 Å². The molecule has 2 atom stereocenters. The SMILES string of the molecule is CN=C(NCCC(=O)NC(C)C)NCC1CCCOC1c1ccc(C)cc1.I. The fraction of sp³-hybridized carbons (Fsp3) is 0.619. The van der Waals surface area contributed by atoms with Crippen molar-refractivity contribution in [1.29, 1.82) is 0 Å². The Kier molecular flexibility index (Phi) is 11.4. The van der Waals surface area contributed by atoms with E-state index in [2.05, 4.69) is 52.1 Å². The van der Waals surface area contributed by atoms with Crippen molar-refractivity contribution in [1.82, 2.24) is 16.0 Å². The van der Waals surface area contributed by atoms with E-state index in [1.165, 1.54) is 11.1 Å². The zero-order valence-electron chi connectivity index (χ0n) is 17.5. The lowest BCUT2D eigenvalue weighted by Crippen LogP contribution is -2.43. The van der Waals surface area contributed by atoms with Crippen LogP contribution in [0.25, 0.3) is 0 Å². The van der Waals surface area contributed by atoms with Crippen LogP contribution in [-0.2, 0) is 9.53 Å². The van der Waals surface area contributed by atoms with Gasteiger partial charge in [0, 0.05) is 45.1 Å². The maximum absolute atomic E-state index is 11.7. The molecule has 0 radical (unpaired) electrons. The Bertz CT molecular complexity index is 619. The first kappa shape index (κ1) is 24.7. The summed E-state index contributed by atoms with van der Waals surface area (Å²) in [5.41, 5.74) is 2.50. The van der Waals surface area contributed by atoms with Gasteiger partial charge in [-0.1, -0.05) is 29.8 Å². The van der Waals surface area contributed by atoms with Crippen molar-refractivity contribution in [3.05, 3.63) is 35.4 Å². The molecule has 0 spiro atoms. The number of guanidine groups is 1. The highest BCUT2D eigenvalue weighted by Gasteiger charge is 2.27. The van der Waals surface area contributed by atoms with E-state index in [1.54, 1.807) is 7.05 Å². The molecular formula is C21H35IN4O2. The molecule has 0 saturated carbocycles. The number of carbonyl (C=O) groups excluding carboxylic acids is 1. The number of ether oxygens (including phenoxy) is 1. The van der Waals surface area contributed by atoms with Gasteiger partial charge in [0.2, 0.25) is 5.91 Å². The number of hydrogen-bond donors (Lipinski definition) is 3. The Morgan fingerprint density at radius 3 is 2.61 bits per heavy atom. The predicted octanol–water partition coefficient (Wildman–Crippen LogP) is 3.16. The van der Waals surface area contributed by atoms with Crippen LogP contribution in [-0.4, -0.2) is 44.7 Å². The number of aryl methyl sites for hydroxylation is 1. The molecule has 3 N–H and O–H groups in total. The third-order valence-corrected chi connectivity index (χ3v) is 4.70. The molecule has 1 aromatic rings. The molecule has 0 aliphatic carbocycles. The lowest BCUT2D eigenvalue weighted by atomic mass is 9.89. The van der Waals surface area contributed by atoms with Gasteiger partial charge in [0.25, 0.3) is 0 Å². The summed E-state index contributed by atoms with van der Waals surface area (Å²) in [6, 6.07) is 8.78. The Morgan fingerprint density at radius 2 is 1.96 bits per heavy atom. The second-order valence-corrected chi connectivity index (χ2v) is 7.46. The number of amides is 1. The number of carbonyl (C=O) groups is 1. The molecule has 6 nitrogen and oxygen atoms in total. The number of rotatable bonds is 7. The molecule has 1 aliphatic heterocycles. The monoisotopic (exact) mass is 502 g/mol. The van der Waals surface area contributed by atoms with E-state index >= 15 is 0 Å². The van der Waals surface area contributed by atoms with Gasteiger partial charge in [0.05, 0.1) is 6.10 Å². The zero-order valence-corrected chi connectivity index (χ0v) is 19.8. The second-order valence-electron chi connectivity index (χ2n) is 7.46. The quantitative estimate of drug-likeness (QED) is 0.304. The Labute approximate surface area is 186 Å². The number of hydrogen-bond acceptors (Lipinski definition) is 3. The minimum absolute atomic E-state index is 0. The number of halogens is 1. The highest BCUT2D eigenvalue weighted by molar-refractivity contribution is 14.0. The molecule has 28 heavy (non-hydrogen) atoms. The lowest BCUT2D eigenvalue weighted by molar-refractivity contribution is -0.121. The predicted molar refractivity (Wildman–Crippen MR) is 125 cm³/mol. The van der Waals surface area contributed by atoms with Gasteiger partial charge in [-0.25, -0.2) is 0 Å². The van der Waals surface area contributed by atoms with Gasteiger partial charge in [-0.05, 0) is 39.2 Å². The van der Waals surface area contributed by atoms with Gasteiger partial charge >= 0.3 is 0 Å². The molecule has 1 aromatic carbocycles. The molecule has 1 saturated heterocycles. The van der Waals surface area contributed by atoms with Crippen molar-refractivity contribution >= 4 is 35.8 Å². The topological polar surface area (TPSA) is 74.8 Å². The molecule has 2 rings (SSSR count). The first-order valence-corrected chi connectivity index (χ1v) is 9.91. The largest absolute Gasteiger partial charge is 0.373 e. The summed E-state index contributed by atoms with van der Waals surface area (Å²) < 4.78 is 6.08. The van der Waals surface area contributed by atoms with Crippen LogP contribution in [0.2, 0.25) is 0 Å². The lowest BCUT2D eigenvalue weighted by Gasteiger charge is -2.32. The molecule has 1 fully saturated rings. The van der Waals surface area contributed by atoms with Crippen LogP contribution in [0.5, 0.6) is 0 Å². The molecule has 2 unspecified atom stereocenters. The molecule has 1 heterocycles. The summed E-state index contributed by atoms with van der Waals surface area (Å²) in [6.07, 6.45) is 2.74. The number of aliphatic imine (C=N–C) groups is 1. The summed E-state index contributed by atoms with van der Waals surface area (Å²) in [4.78, 5) is 16.0. The number of nitrogens with zero attached hydrogens (tertiary/aromatic N) is 1. The van der Waals surface area contributed by atoms with Crippen LogP contribution in [0, 0.1) is 12.8 Å². The Hall–Kier alpha value is -1.35. The summed E-state index contributed by atoms with van der Waals surface area (Å²) in [5.74, 6) is 1.16. The molecule has 7 heteroatoms. The van der Waals surface area contributed by atoms with Crippen LogP contribution in [0.3, 0.4) is 0 Å². The molecular weight excluding hydrogens is 467 g/mol. The van der Waals surface area contributed by atoms with E-state index < -0.39 is 0 Å². The second kappa shape index (κ2) is 13.0. The average molecular weight is 502 g/mol. The van der Waals surface area contributed by atoms with Crippen molar-refractivity contribution in [2.45, 2.75) is 52.2 Å². The summed E-state index contributed by atoms with van der Waals surface area (Å²) in [5, 5.41) is 9.49. The summed E-state index contributed by atoms with van der Waals surface area (Å²) in [7, 11) is 1.75. The fourth-order valence-electron chi connectivity index (χ4n) is 3.31. The fourth-order valence-corrected chi connectivity index (χ4v) is 3.31. The standard InChI is InChI=1S/C21H34N4O2.HI/c1-15(2)25-19(26)11-12-23-21(22-4)24-14-18-6-5-13-27-20(18)17-9-7-16(3)8-10-17;/h7-10,15,18,20H,5-6,11-14H2,1-4H3,(H,25,26)(H2,22,23,24);1H. The highest BCUT2D eigenvalue weighted by Crippen LogP contribution is 2.33. The highest BCUT2D eigenvalue weighted by atomic mass is 127. The van der Waals surface area contributed by atoms with E-state index in [1.807, 2.05) is 13.8 Å². The zero-order chi connectivity index (χ0) is 19.6. The Morgan fingerprint density at radius 1 is 1.25 bits per heavy atom. The van der Waals surface area contributed by atoms with Gasteiger partial charge in [0.1, 0.15) is 0 Å². The molecule has 1 amide bonds. The first-order chi connectivity index (χ1) is 13.0. The van der Waals surface area contributed by atoms with Crippen LogP contribution in [0.1, 0.15) is 50.3 Å². The van der Waals surface area contributed by atoms with Gasteiger partial charge < -0.3 is 20.7 Å². The number of nitrogens with one attached hydrogen (secondary N) is 3. The van der Waals surface area contributed by atoms with Crippen molar-refractivity contribution in [2.24, 2.45) is 10.9 Å². The van der Waals surface area contributed by atoms with Crippen LogP contribution < -0.4 is 16.0 Å². The third-order valence-electron chi connectivity index (χ3n) is 4.70. The smallest absolute Gasteiger partial charge is 0.221 e. The number of benzene rings is 1. The maximum Gasteiger partial charge on any atom is 0.221 e. The van der Waals surface area contributed by atoms with Gasteiger partial charge in [-0.3, -0.25) is 9.79 Å². The minimum Gasteiger partial charge on any atom is -0.373 e.